The average molecular weight is 466 g/mol. The molecule has 0 unspecified atom stereocenters. The molecule has 0 atom stereocenters. The Morgan fingerprint density at radius 3 is 2.44 bits per heavy atom. The molecule has 0 spiro atoms. The van der Waals surface area contributed by atoms with E-state index in [1.54, 1.807) is 24.2 Å². The van der Waals surface area contributed by atoms with Gasteiger partial charge in [0.1, 0.15) is 0 Å². The lowest BCUT2D eigenvalue weighted by atomic mass is 10.0. The molecule has 7 heteroatoms. The third-order valence-electron chi connectivity index (χ3n) is 5.54. The molecule has 1 N–H and O–H groups in total. The molecule has 0 aliphatic heterocycles. The number of hydrogen-bond donors (Lipinski definition) is 1. The summed E-state index contributed by atoms with van der Waals surface area (Å²) < 4.78 is 2.07. The molecule has 0 bridgehead atoms. The number of nitrogens with one attached hydrogen (secondary N) is 1. The Morgan fingerprint density at radius 2 is 1.59 bits per heavy atom. The van der Waals surface area contributed by atoms with Crippen LogP contribution >= 0.6 is 11.8 Å². The molecule has 1 amide bonds. The number of carbonyl (C=O) groups excluding carboxylic acids is 1. The van der Waals surface area contributed by atoms with Crippen molar-refractivity contribution in [2.24, 2.45) is 0 Å². The van der Waals surface area contributed by atoms with Crippen molar-refractivity contribution in [3.63, 3.8) is 0 Å². The Morgan fingerprint density at radius 1 is 0.824 bits per heavy atom. The van der Waals surface area contributed by atoms with E-state index in [4.69, 9.17) is 0 Å². The summed E-state index contributed by atoms with van der Waals surface area (Å²) in [5.41, 5.74) is 2.97. The van der Waals surface area contributed by atoms with Crippen molar-refractivity contribution in [1.29, 1.82) is 0 Å². The quantitative estimate of drug-likeness (QED) is 0.323. The van der Waals surface area contributed by atoms with Crippen LogP contribution in [0.3, 0.4) is 0 Å². The molecule has 2 heterocycles. The van der Waals surface area contributed by atoms with E-state index >= 15 is 0 Å². The zero-order chi connectivity index (χ0) is 23.2. The van der Waals surface area contributed by atoms with Gasteiger partial charge in [0.15, 0.2) is 11.0 Å². The smallest absolute Gasteiger partial charge is 0.252 e. The highest BCUT2D eigenvalue weighted by Crippen LogP contribution is 2.23. The Kier molecular flexibility index (Phi) is 6.63. The van der Waals surface area contributed by atoms with Gasteiger partial charge in [0.2, 0.25) is 0 Å². The predicted molar refractivity (Wildman–Crippen MR) is 134 cm³/mol. The highest BCUT2D eigenvalue weighted by atomic mass is 32.2. The molecule has 0 aliphatic carbocycles. The van der Waals surface area contributed by atoms with Crippen LogP contribution in [0.4, 0.5) is 0 Å². The normalized spacial score (nSPS) is 10.9. The van der Waals surface area contributed by atoms with E-state index in [-0.39, 0.29) is 12.5 Å². The molecule has 0 saturated carbocycles. The molecule has 0 fully saturated rings. The fourth-order valence-electron chi connectivity index (χ4n) is 3.79. The van der Waals surface area contributed by atoms with Crippen LogP contribution in [0.25, 0.3) is 10.8 Å². The summed E-state index contributed by atoms with van der Waals surface area (Å²) in [7, 11) is 0. The number of carbonyl (C=O) groups is 1. The van der Waals surface area contributed by atoms with Crippen LogP contribution in [0, 0.1) is 0 Å². The van der Waals surface area contributed by atoms with Gasteiger partial charge in [0.25, 0.3) is 5.91 Å². The van der Waals surface area contributed by atoms with Crippen molar-refractivity contribution in [3.8, 4) is 0 Å². The lowest BCUT2D eigenvalue weighted by Crippen LogP contribution is -2.25. The van der Waals surface area contributed by atoms with Crippen molar-refractivity contribution in [3.05, 3.63) is 120 Å². The molecular weight excluding hydrogens is 442 g/mol. The highest BCUT2D eigenvalue weighted by Gasteiger charge is 2.16. The summed E-state index contributed by atoms with van der Waals surface area (Å²) in [5, 5.41) is 14.7. The van der Waals surface area contributed by atoms with Crippen molar-refractivity contribution >= 4 is 28.4 Å². The number of thioether (sulfide) groups is 1. The summed E-state index contributed by atoms with van der Waals surface area (Å²) >= 11 is 1.62. The number of benzene rings is 3. The lowest BCUT2D eigenvalue weighted by molar-refractivity contribution is 0.0951. The van der Waals surface area contributed by atoms with Crippen LogP contribution < -0.4 is 5.32 Å². The maximum atomic E-state index is 13.0. The molecule has 5 rings (SSSR count). The van der Waals surface area contributed by atoms with Gasteiger partial charge >= 0.3 is 0 Å². The molecule has 0 aliphatic rings. The van der Waals surface area contributed by atoms with E-state index in [0.29, 0.717) is 12.1 Å². The van der Waals surface area contributed by atoms with Gasteiger partial charge < -0.3 is 9.88 Å². The van der Waals surface area contributed by atoms with Gasteiger partial charge in [0, 0.05) is 23.7 Å². The molecule has 2 aromatic heterocycles. The molecule has 0 radical (unpaired) electrons. The molecule has 6 nitrogen and oxygen atoms in total. The van der Waals surface area contributed by atoms with Crippen LogP contribution in [0.15, 0.2) is 102 Å². The first kappa shape index (κ1) is 21.9. The third-order valence-corrected chi connectivity index (χ3v) is 6.57. The van der Waals surface area contributed by atoms with Gasteiger partial charge in [-0.25, -0.2) is 0 Å². The van der Waals surface area contributed by atoms with Crippen molar-refractivity contribution in [2.45, 2.75) is 24.0 Å². The van der Waals surface area contributed by atoms with Crippen LogP contribution in [-0.4, -0.2) is 25.7 Å². The van der Waals surface area contributed by atoms with E-state index in [2.05, 4.69) is 37.2 Å². The predicted octanol–water partition coefficient (Wildman–Crippen LogP) is 5.10. The highest BCUT2D eigenvalue weighted by molar-refractivity contribution is 7.98. The summed E-state index contributed by atoms with van der Waals surface area (Å²) in [5.74, 6) is 1.35. The van der Waals surface area contributed by atoms with Gasteiger partial charge in [-0.3, -0.25) is 9.78 Å². The van der Waals surface area contributed by atoms with Gasteiger partial charge in [-0.1, -0.05) is 78.5 Å². The maximum Gasteiger partial charge on any atom is 0.252 e. The Bertz CT molecular complexity index is 1400. The summed E-state index contributed by atoms with van der Waals surface area (Å²) in [4.78, 5) is 17.1. The zero-order valence-corrected chi connectivity index (χ0v) is 19.3. The monoisotopic (exact) mass is 465 g/mol. The largest absolute Gasteiger partial charge is 0.345 e. The van der Waals surface area contributed by atoms with Gasteiger partial charge in [0.05, 0.1) is 13.1 Å². The standard InChI is InChI=1S/C27H23N5OS/c33-26(24-12-6-10-22-9-4-5-11-23(22)24)29-17-25-30-31-27(34-19-21-13-15-28-16-14-21)32(25)18-20-7-2-1-3-8-20/h1-16H,17-19H2,(H,29,33). The van der Waals surface area contributed by atoms with E-state index in [0.717, 1.165) is 33.1 Å². The zero-order valence-electron chi connectivity index (χ0n) is 18.5. The van der Waals surface area contributed by atoms with Crippen molar-refractivity contribution < 1.29 is 4.79 Å². The van der Waals surface area contributed by atoms with Crippen molar-refractivity contribution in [1.82, 2.24) is 25.1 Å². The second-order valence-electron chi connectivity index (χ2n) is 7.82. The number of fused-ring (bicyclic) bond motifs is 1. The van der Waals surface area contributed by atoms with E-state index in [1.165, 1.54) is 5.56 Å². The van der Waals surface area contributed by atoms with Gasteiger partial charge in [-0.2, -0.15) is 0 Å². The van der Waals surface area contributed by atoms with Crippen LogP contribution in [-0.2, 0) is 18.8 Å². The fourth-order valence-corrected chi connectivity index (χ4v) is 4.70. The second-order valence-corrected chi connectivity index (χ2v) is 8.77. The summed E-state index contributed by atoms with van der Waals surface area (Å²) in [6, 6.07) is 27.9. The minimum absolute atomic E-state index is 0.128. The molecular formula is C27H23N5OS. The Hall–Kier alpha value is -3.97. The number of nitrogens with zero attached hydrogens (tertiary/aromatic N) is 4. The first-order valence-corrected chi connectivity index (χ1v) is 12.0. The first-order valence-electron chi connectivity index (χ1n) is 11.0. The number of rotatable bonds is 8. The third kappa shape index (κ3) is 5.00. The minimum atomic E-state index is -0.128. The minimum Gasteiger partial charge on any atom is -0.345 e. The second kappa shape index (κ2) is 10.3. The summed E-state index contributed by atoms with van der Waals surface area (Å²) in [6.07, 6.45) is 3.58. The van der Waals surface area contributed by atoms with Crippen LogP contribution in [0.5, 0.6) is 0 Å². The molecule has 3 aromatic carbocycles. The molecule has 34 heavy (non-hydrogen) atoms. The van der Waals surface area contributed by atoms with Crippen molar-refractivity contribution in [2.75, 3.05) is 0 Å². The number of pyridine rings is 1. The average Bonchev–Trinajstić information content (AvgIpc) is 3.28. The SMILES string of the molecule is O=C(NCc1nnc(SCc2ccncc2)n1Cc1ccccc1)c1cccc2ccccc12. The molecule has 5 aromatic rings. The number of amides is 1. The lowest BCUT2D eigenvalue weighted by Gasteiger charge is -2.12. The molecule has 0 saturated heterocycles. The number of aromatic nitrogens is 4. The number of hydrogen-bond acceptors (Lipinski definition) is 5. The van der Waals surface area contributed by atoms with E-state index < -0.39 is 0 Å². The van der Waals surface area contributed by atoms with Crippen LogP contribution in [0.1, 0.15) is 27.3 Å². The molecule has 168 valence electrons. The fraction of sp³-hybridized carbons (Fsp3) is 0.111. The van der Waals surface area contributed by atoms with Crippen LogP contribution in [0.2, 0.25) is 0 Å². The van der Waals surface area contributed by atoms with E-state index in [1.807, 2.05) is 72.8 Å². The Labute approximate surface area is 202 Å². The van der Waals surface area contributed by atoms with Gasteiger partial charge in [-0.05, 0) is 40.1 Å². The van der Waals surface area contributed by atoms with Gasteiger partial charge in [-0.15, -0.1) is 10.2 Å². The Balaban J connectivity index is 1.36. The topological polar surface area (TPSA) is 72.7 Å². The van der Waals surface area contributed by atoms with E-state index in [9.17, 15) is 4.79 Å². The maximum absolute atomic E-state index is 13.0. The first-order chi connectivity index (χ1) is 16.8. The summed E-state index contributed by atoms with van der Waals surface area (Å²) in [6.45, 7) is 0.920.